The summed E-state index contributed by atoms with van der Waals surface area (Å²) in [7, 11) is 0. The number of rotatable bonds is 5. The van der Waals surface area contributed by atoms with Crippen molar-refractivity contribution in [1.82, 2.24) is 0 Å². The molecule has 0 spiro atoms. The zero-order valence-electron chi connectivity index (χ0n) is 10.6. The molecule has 0 aromatic heterocycles. The molecule has 1 atom stereocenters. The monoisotopic (exact) mass is 246 g/mol. The quantitative estimate of drug-likeness (QED) is 0.750. The summed E-state index contributed by atoms with van der Waals surface area (Å²) >= 11 is 0. The van der Waals surface area contributed by atoms with Gasteiger partial charge in [0.1, 0.15) is 11.5 Å². The molecule has 18 heavy (non-hydrogen) atoms. The second kappa shape index (κ2) is 5.80. The second-order valence-corrected chi connectivity index (χ2v) is 4.78. The zero-order valence-corrected chi connectivity index (χ0v) is 10.6. The van der Waals surface area contributed by atoms with Gasteiger partial charge in [0.15, 0.2) is 5.78 Å². The highest BCUT2D eigenvalue weighted by Gasteiger charge is 2.23. The SMILES string of the molecule is CC(=O)c1cccc(OCCC2CCCC2=O)c1. The fourth-order valence-electron chi connectivity index (χ4n) is 2.32. The van der Waals surface area contributed by atoms with E-state index < -0.39 is 0 Å². The lowest BCUT2D eigenvalue weighted by atomic mass is 10.0. The van der Waals surface area contributed by atoms with Crippen molar-refractivity contribution in [2.75, 3.05) is 6.61 Å². The maximum Gasteiger partial charge on any atom is 0.159 e. The molecule has 0 bridgehead atoms. The van der Waals surface area contributed by atoms with Crippen LogP contribution in [-0.4, -0.2) is 18.2 Å². The van der Waals surface area contributed by atoms with E-state index in [-0.39, 0.29) is 11.7 Å². The summed E-state index contributed by atoms with van der Waals surface area (Å²) in [4.78, 5) is 22.7. The molecule has 0 radical (unpaired) electrons. The molecule has 0 N–H and O–H groups in total. The first-order chi connectivity index (χ1) is 8.66. The fraction of sp³-hybridized carbons (Fsp3) is 0.467. The first-order valence-electron chi connectivity index (χ1n) is 6.43. The van der Waals surface area contributed by atoms with Gasteiger partial charge in [-0.25, -0.2) is 0 Å². The summed E-state index contributed by atoms with van der Waals surface area (Å²) < 4.78 is 5.60. The Balaban J connectivity index is 1.84. The van der Waals surface area contributed by atoms with E-state index in [1.54, 1.807) is 12.1 Å². The van der Waals surface area contributed by atoms with Gasteiger partial charge in [-0.15, -0.1) is 0 Å². The molecular formula is C15H18O3. The number of hydrogen-bond acceptors (Lipinski definition) is 3. The maximum atomic E-state index is 11.5. The van der Waals surface area contributed by atoms with Crippen molar-refractivity contribution >= 4 is 11.6 Å². The van der Waals surface area contributed by atoms with Crippen molar-refractivity contribution in [2.45, 2.75) is 32.6 Å². The van der Waals surface area contributed by atoms with Gasteiger partial charge in [-0.05, 0) is 38.3 Å². The van der Waals surface area contributed by atoms with Gasteiger partial charge in [-0.3, -0.25) is 9.59 Å². The molecule has 0 saturated heterocycles. The third-order valence-electron chi connectivity index (χ3n) is 3.41. The lowest BCUT2D eigenvalue weighted by Gasteiger charge is -2.10. The Bertz CT molecular complexity index is 451. The van der Waals surface area contributed by atoms with Crippen molar-refractivity contribution in [3.05, 3.63) is 29.8 Å². The number of Topliss-reactive ketones (excluding diaryl/α,β-unsaturated/α-hetero) is 2. The van der Waals surface area contributed by atoms with Gasteiger partial charge in [0.2, 0.25) is 0 Å². The van der Waals surface area contributed by atoms with E-state index in [0.29, 0.717) is 23.7 Å². The van der Waals surface area contributed by atoms with Gasteiger partial charge in [-0.1, -0.05) is 12.1 Å². The summed E-state index contributed by atoms with van der Waals surface area (Å²) in [6.45, 7) is 2.08. The smallest absolute Gasteiger partial charge is 0.159 e. The molecule has 3 heteroatoms. The predicted octanol–water partition coefficient (Wildman–Crippen LogP) is 3.03. The van der Waals surface area contributed by atoms with Gasteiger partial charge in [0.05, 0.1) is 6.61 Å². The van der Waals surface area contributed by atoms with Crippen LogP contribution in [-0.2, 0) is 4.79 Å². The largest absolute Gasteiger partial charge is 0.494 e. The summed E-state index contributed by atoms with van der Waals surface area (Å²) in [5.74, 6) is 1.29. The Morgan fingerprint density at radius 3 is 2.94 bits per heavy atom. The topological polar surface area (TPSA) is 43.4 Å². The van der Waals surface area contributed by atoms with Crippen LogP contribution in [0.4, 0.5) is 0 Å². The van der Waals surface area contributed by atoms with E-state index in [0.717, 1.165) is 25.7 Å². The Morgan fingerprint density at radius 1 is 1.44 bits per heavy atom. The van der Waals surface area contributed by atoms with Crippen LogP contribution in [0.2, 0.25) is 0 Å². The fourth-order valence-corrected chi connectivity index (χ4v) is 2.32. The average molecular weight is 246 g/mol. The van der Waals surface area contributed by atoms with E-state index in [9.17, 15) is 9.59 Å². The normalized spacial score (nSPS) is 18.9. The third kappa shape index (κ3) is 3.19. The second-order valence-electron chi connectivity index (χ2n) is 4.78. The first-order valence-corrected chi connectivity index (χ1v) is 6.43. The minimum atomic E-state index is 0.0337. The van der Waals surface area contributed by atoms with E-state index in [1.165, 1.54) is 6.92 Å². The summed E-state index contributed by atoms with van der Waals surface area (Å²) in [6.07, 6.45) is 3.52. The van der Waals surface area contributed by atoms with Crippen molar-refractivity contribution < 1.29 is 14.3 Å². The lowest BCUT2D eigenvalue weighted by Crippen LogP contribution is -2.11. The third-order valence-corrected chi connectivity index (χ3v) is 3.41. The molecule has 0 aliphatic heterocycles. The molecule has 1 unspecified atom stereocenters. The molecule has 3 nitrogen and oxygen atoms in total. The molecule has 1 saturated carbocycles. The summed E-state index contributed by atoms with van der Waals surface area (Å²) in [6, 6.07) is 7.17. The van der Waals surface area contributed by atoms with Gasteiger partial charge in [0, 0.05) is 17.9 Å². The highest BCUT2D eigenvalue weighted by molar-refractivity contribution is 5.94. The molecule has 0 amide bonds. The van der Waals surface area contributed by atoms with Gasteiger partial charge < -0.3 is 4.74 Å². The standard InChI is InChI=1S/C15H18O3/c1-11(16)13-5-2-6-14(10-13)18-9-8-12-4-3-7-15(12)17/h2,5-6,10,12H,3-4,7-9H2,1H3. The lowest BCUT2D eigenvalue weighted by molar-refractivity contribution is -0.121. The van der Waals surface area contributed by atoms with Crippen LogP contribution in [0.1, 0.15) is 43.0 Å². The van der Waals surface area contributed by atoms with Crippen LogP contribution in [0.5, 0.6) is 5.75 Å². The molecule has 1 aliphatic rings. The van der Waals surface area contributed by atoms with E-state index in [1.807, 2.05) is 12.1 Å². The molecule has 96 valence electrons. The first kappa shape index (κ1) is 12.8. The minimum Gasteiger partial charge on any atom is -0.494 e. The number of carbonyl (C=O) groups excluding carboxylic acids is 2. The van der Waals surface area contributed by atoms with E-state index >= 15 is 0 Å². The van der Waals surface area contributed by atoms with Crippen molar-refractivity contribution in [3.8, 4) is 5.75 Å². The molecular weight excluding hydrogens is 228 g/mol. The summed E-state index contributed by atoms with van der Waals surface area (Å²) in [5.41, 5.74) is 0.657. The number of carbonyl (C=O) groups is 2. The Labute approximate surface area is 107 Å². The van der Waals surface area contributed by atoms with Crippen LogP contribution >= 0.6 is 0 Å². The highest BCUT2D eigenvalue weighted by Crippen LogP contribution is 2.24. The van der Waals surface area contributed by atoms with Crippen molar-refractivity contribution in [1.29, 1.82) is 0 Å². The molecule has 1 aliphatic carbocycles. The number of benzene rings is 1. The number of ketones is 2. The molecule has 1 fully saturated rings. The molecule has 0 heterocycles. The Kier molecular flexibility index (Phi) is 4.13. The molecule has 1 aromatic rings. The van der Waals surface area contributed by atoms with Crippen LogP contribution in [0.3, 0.4) is 0 Å². The van der Waals surface area contributed by atoms with Gasteiger partial charge in [-0.2, -0.15) is 0 Å². The predicted molar refractivity (Wildman–Crippen MR) is 68.9 cm³/mol. The summed E-state index contributed by atoms with van der Waals surface area (Å²) in [5, 5.41) is 0. The average Bonchev–Trinajstić information content (AvgIpc) is 2.76. The van der Waals surface area contributed by atoms with Crippen molar-refractivity contribution in [2.24, 2.45) is 5.92 Å². The maximum absolute atomic E-state index is 11.5. The van der Waals surface area contributed by atoms with Crippen molar-refractivity contribution in [3.63, 3.8) is 0 Å². The van der Waals surface area contributed by atoms with E-state index in [2.05, 4.69) is 0 Å². The minimum absolute atomic E-state index is 0.0337. The molecule has 1 aromatic carbocycles. The number of hydrogen-bond donors (Lipinski definition) is 0. The van der Waals surface area contributed by atoms with Crippen LogP contribution in [0, 0.1) is 5.92 Å². The van der Waals surface area contributed by atoms with E-state index in [4.69, 9.17) is 4.74 Å². The zero-order chi connectivity index (χ0) is 13.0. The van der Waals surface area contributed by atoms with Gasteiger partial charge >= 0.3 is 0 Å². The van der Waals surface area contributed by atoms with Gasteiger partial charge in [0.25, 0.3) is 0 Å². The van der Waals surface area contributed by atoms with Crippen LogP contribution in [0.15, 0.2) is 24.3 Å². The number of ether oxygens (including phenoxy) is 1. The molecule has 2 rings (SSSR count). The Hall–Kier alpha value is -1.64. The highest BCUT2D eigenvalue weighted by atomic mass is 16.5. The Morgan fingerprint density at radius 2 is 2.28 bits per heavy atom. The van der Waals surface area contributed by atoms with Crippen LogP contribution in [0.25, 0.3) is 0 Å². The van der Waals surface area contributed by atoms with Crippen LogP contribution < -0.4 is 4.74 Å².